The van der Waals surface area contributed by atoms with Crippen LogP contribution in [0.2, 0.25) is 0 Å². The standard InChI is InChI=1S/C17H18N4O/c1-17(2,15-6-4-5-9-18-15)16(22)20-13-7-8-14-12(10-13)11-19-21(14)3/h4-11H,1-3H3,(H,20,22). The predicted octanol–water partition coefficient (Wildman–Crippen LogP) is 2.88. The van der Waals surface area contributed by atoms with Crippen LogP contribution in [0.3, 0.4) is 0 Å². The molecule has 0 aliphatic rings. The van der Waals surface area contributed by atoms with Crippen molar-refractivity contribution in [3.8, 4) is 0 Å². The molecule has 0 saturated heterocycles. The number of benzene rings is 1. The molecule has 1 amide bonds. The van der Waals surface area contributed by atoms with Gasteiger partial charge in [-0.05, 0) is 44.2 Å². The highest BCUT2D eigenvalue weighted by Gasteiger charge is 2.31. The molecule has 5 nitrogen and oxygen atoms in total. The Balaban J connectivity index is 1.86. The van der Waals surface area contributed by atoms with Gasteiger partial charge in [-0.25, -0.2) is 0 Å². The van der Waals surface area contributed by atoms with Crippen LogP contribution in [0.4, 0.5) is 5.69 Å². The van der Waals surface area contributed by atoms with Gasteiger partial charge in [0.15, 0.2) is 0 Å². The maximum absolute atomic E-state index is 12.6. The van der Waals surface area contributed by atoms with Crippen LogP contribution >= 0.6 is 0 Å². The highest BCUT2D eigenvalue weighted by atomic mass is 16.2. The number of carbonyl (C=O) groups excluding carboxylic acids is 1. The van der Waals surface area contributed by atoms with Gasteiger partial charge in [0, 0.05) is 24.3 Å². The van der Waals surface area contributed by atoms with Crippen molar-refractivity contribution >= 4 is 22.5 Å². The minimum atomic E-state index is -0.703. The number of aromatic nitrogens is 3. The summed E-state index contributed by atoms with van der Waals surface area (Å²) in [5, 5.41) is 8.17. The summed E-state index contributed by atoms with van der Waals surface area (Å²) < 4.78 is 1.80. The zero-order chi connectivity index (χ0) is 15.7. The lowest BCUT2D eigenvalue weighted by Crippen LogP contribution is -2.35. The number of carbonyl (C=O) groups is 1. The molecule has 0 spiro atoms. The normalized spacial score (nSPS) is 11.6. The quantitative estimate of drug-likeness (QED) is 0.808. The third-order valence-electron chi connectivity index (χ3n) is 3.88. The molecule has 0 saturated carbocycles. The Morgan fingerprint density at radius 3 is 2.77 bits per heavy atom. The summed E-state index contributed by atoms with van der Waals surface area (Å²) in [4.78, 5) is 16.9. The number of amides is 1. The van der Waals surface area contributed by atoms with E-state index < -0.39 is 5.41 Å². The van der Waals surface area contributed by atoms with Gasteiger partial charge >= 0.3 is 0 Å². The van der Waals surface area contributed by atoms with Crippen molar-refractivity contribution < 1.29 is 4.79 Å². The number of nitrogens with zero attached hydrogens (tertiary/aromatic N) is 3. The van der Waals surface area contributed by atoms with E-state index in [-0.39, 0.29) is 5.91 Å². The van der Waals surface area contributed by atoms with Gasteiger partial charge in [0.1, 0.15) is 0 Å². The molecular weight excluding hydrogens is 276 g/mol. The van der Waals surface area contributed by atoms with Crippen LogP contribution in [-0.2, 0) is 17.3 Å². The summed E-state index contributed by atoms with van der Waals surface area (Å²) in [5.41, 5.74) is 1.83. The fourth-order valence-electron chi connectivity index (χ4n) is 2.38. The number of nitrogens with one attached hydrogen (secondary N) is 1. The fraction of sp³-hybridized carbons (Fsp3) is 0.235. The summed E-state index contributed by atoms with van der Waals surface area (Å²) in [7, 11) is 1.89. The van der Waals surface area contributed by atoms with E-state index >= 15 is 0 Å². The third kappa shape index (κ3) is 2.45. The molecule has 0 radical (unpaired) electrons. The Morgan fingerprint density at radius 1 is 1.23 bits per heavy atom. The van der Waals surface area contributed by atoms with Gasteiger partial charge in [-0.1, -0.05) is 6.07 Å². The molecule has 0 aliphatic carbocycles. The molecule has 1 aromatic carbocycles. The number of hydrogen-bond acceptors (Lipinski definition) is 3. The van der Waals surface area contributed by atoms with Crippen LogP contribution in [0.5, 0.6) is 0 Å². The summed E-state index contributed by atoms with van der Waals surface area (Å²) in [6, 6.07) is 11.4. The topological polar surface area (TPSA) is 59.8 Å². The second-order valence-corrected chi connectivity index (χ2v) is 5.84. The third-order valence-corrected chi connectivity index (χ3v) is 3.88. The van der Waals surface area contributed by atoms with E-state index in [1.165, 1.54) is 0 Å². The average molecular weight is 294 g/mol. The minimum absolute atomic E-state index is 0.0885. The van der Waals surface area contributed by atoms with Crippen LogP contribution < -0.4 is 5.32 Å². The van der Waals surface area contributed by atoms with Gasteiger partial charge in [-0.3, -0.25) is 14.5 Å². The molecular formula is C17H18N4O. The Kier molecular flexibility index (Phi) is 3.41. The molecule has 0 fully saturated rings. The molecule has 2 aromatic heterocycles. The number of pyridine rings is 1. The Bertz CT molecular complexity index is 821. The van der Waals surface area contributed by atoms with Gasteiger partial charge in [-0.15, -0.1) is 0 Å². The second-order valence-electron chi connectivity index (χ2n) is 5.84. The van der Waals surface area contributed by atoms with Crippen molar-refractivity contribution in [1.82, 2.24) is 14.8 Å². The van der Waals surface area contributed by atoms with Crippen molar-refractivity contribution in [2.75, 3.05) is 5.32 Å². The van der Waals surface area contributed by atoms with Crippen LogP contribution in [-0.4, -0.2) is 20.7 Å². The molecule has 2 heterocycles. The first kappa shape index (κ1) is 14.3. The molecule has 0 atom stereocenters. The van der Waals surface area contributed by atoms with E-state index in [9.17, 15) is 4.79 Å². The maximum Gasteiger partial charge on any atom is 0.236 e. The van der Waals surface area contributed by atoms with E-state index in [4.69, 9.17) is 0 Å². The molecule has 0 bridgehead atoms. The molecule has 0 unspecified atom stereocenters. The molecule has 3 aromatic rings. The van der Waals surface area contributed by atoms with Crippen molar-refractivity contribution in [3.63, 3.8) is 0 Å². The zero-order valence-corrected chi connectivity index (χ0v) is 12.9. The first-order valence-corrected chi connectivity index (χ1v) is 7.13. The summed E-state index contributed by atoms with van der Waals surface area (Å²) in [6.45, 7) is 3.74. The molecule has 22 heavy (non-hydrogen) atoms. The molecule has 5 heteroatoms. The van der Waals surface area contributed by atoms with E-state index in [1.807, 2.05) is 57.3 Å². The highest BCUT2D eigenvalue weighted by Crippen LogP contribution is 2.24. The number of anilines is 1. The Labute approximate surface area is 129 Å². The minimum Gasteiger partial charge on any atom is -0.325 e. The maximum atomic E-state index is 12.6. The van der Waals surface area contributed by atoms with Crippen LogP contribution in [0.25, 0.3) is 10.9 Å². The first-order valence-electron chi connectivity index (χ1n) is 7.13. The van der Waals surface area contributed by atoms with Gasteiger partial charge in [-0.2, -0.15) is 5.10 Å². The smallest absolute Gasteiger partial charge is 0.236 e. The lowest BCUT2D eigenvalue weighted by molar-refractivity contribution is -0.120. The monoisotopic (exact) mass is 294 g/mol. The predicted molar refractivity (Wildman–Crippen MR) is 86.6 cm³/mol. The first-order chi connectivity index (χ1) is 10.5. The fourth-order valence-corrected chi connectivity index (χ4v) is 2.38. The lowest BCUT2D eigenvalue weighted by Gasteiger charge is -2.23. The van der Waals surface area contributed by atoms with Gasteiger partial charge in [0.25, 0.3) is 0 Å². The van der Waals surface area contributed by atoms with Crippen molar-refractivity contribution in [1.29, 1.82) is 0 Å². The van der Waals surface area contributed by atoms with E-state index in [0.29, 0.717) is 0 Å². The molecule has 0 aliphatic heterocycles. The summed E-state index contributed by atoms with van der Waals surface area (Å²) in [5.74, 6) is -0.0885. The van der Waals surface area contributed by atoms with Crippen LogP contribution in [0.1, 0.15) is 19.5 Å². The summed E-state index contributed by atoms with van der Waals surface area (Å²) in [6.07, 6.45) is 3.49. The van der Waals surface area contributed by atoms with E-state index in [1.54, 1.807) is 17.1 Å². The number of hydrogen-bond donors (Lipinski definition) is 1. The van der Waals surface area contributed by atoms with Gasteiger partial charge < -0.3 is 5.32 Å². The van der Waals surface area contributed by atoms with Crippen molar-refractivity contribution in [2.45, 2.75) is 19.3 Å². The van der Waals surface area contributed by atoms with E-state index in [2.05, 4.69) is 15.4 Å². The van der Waals surface area contributed by atoms with Crippen molar-refractivity contribution in [2.24, 2.45) is 7.05 Å². The highest BCUT2D eigenvalue weighted by molar-refractivity contribution is 5.99. The van der Waals surface area contributed by atoms with Gasteiger partial charge in [0.05, 0.1) is 22.8 Å². The number of fused-ring (bicyclic) bond motifs is 1. The number of aryl methyl sites for hydroxylation is 1. The number of rotatable bonds is 3. The largest absolute Gasteiger partial charge is 0.325 e. The Morgan fingerprint density at radius 2 is 2.05 bits per heavy atom. The zero-order valence-electron chi connectivity index (χ0n) is 12.9. The second kappa shape index (κ2) is 5.26. The lowest BCUT2D eigenvalue weighted by atomic mass is 9.87. The Hall–Kier alpha value is -2.69. The SMILES string of the molecule is Cn1ncc2cc(NC(=O)C(C)(C)c3ccccn3)ccc21. The van der Waals surface area contributed by atoms with Crippen LogP contribution in [0.15, 0.2) is 48.8 Å². The molecule has 3 rings (SSSR count). The molecule has 1 N–H and O–H groups in total. The summed E-state index contributed by atoms with van der Waals surface area (Å²) >= 11 is 0. The van der Waals surface area contributed by atoms with Crippen molar-refractivity contribution in [3.05, 3.63) is 54.5 Å². The van der Waals surface area contributed by atoms with Crippen LogP contribution in [0, 0.1) is 0 Å². The average Bonchev–Trinajstić information content (AvgIpc) is 2.89. The van der Waals surface area contributed by atoms with E-state index in [0.717, 1.165) is 22.3 Å². The molecule has 112 valence electrons. The van der Waals surface area contributed by atoms with Gasteiger partial charge in [0.2, 0.25) is 5.91 Å².